The number of rotatable bonds is 77. The number of carbonyl (C=O) groups is 4. The number of carbonyl (C=O) groups excluding carboxylic acids is 4. The van der Waals surface area contributed by atoms with E-state index in [0.717, 1.165) is 135 Å². The van der Waals surface area contributed by atoms with Gasteiger partial charge in [0, 0.05) is 25.7 Å². The van der Waals surface area contributed by atoms with Gasteiger partial charge in [-0.1, -0.05) is 295 Å². The molecule has 0 aliphatic carbocycles. The van der Waals surface area contributed by atoms with Crippen LogP contribution >= 0.6 is 15.6 Å². The Labute approximate surface area is 598 Å². The third-order valence-corrected chi connectivity index (χ3v) is 19.5. The maximum Gasteiger partial charge on any atom is 0.472 e. The summed E-state index contributed by atoms with van der Waals surface area (Å²) < 4.78 is 68.6. The maximum atomic E-state index is 13.1. The normalized spacial score (nSPS) is 14.1. The number of hydrogen-bond donors (Lipinski definition) is 3. The van der Waals surface area contributed by atoms with E-state index >= 15 is 0 Å². The van der Waals surface area contributed by atoms with E-state index in [4.69, 9.17) is 37.0 Å². The fourth-order valence-electron chi connectivity index (χ4n) is 11.4. The first-order valence-electron chi connectivity index (χ1n) is 40.2. The summed E-state index contributed by atoms with van der Waals surface area (Å²) in [6.45, 7) is 4.92. The first-order chi connectivity index (χ1) is 47.7. The molecule has 0 aromatic carbocycles. The molecule has 0 bridgehead atoms. The topological polar surface area (TPSA) is 237 Å². The van der Waals surface area contributed by atoms with Crippen molar-refractivity contribution in [3.8, 4) is 0 Å². The second-order valence-corrected chi connectivity index (χ2v) is 30.3. The van der Waals surface area contributed by atoms with Crippen molar-refractivity contribution in [3.63, 3.8) is 0 Å². The van der Waals surface area contributed by atoms with Crippen molar-refractivity contribution in [2.24, 2.45) is 0 Å². The monoisotopic (exact) mass is 1430 g/mol. The Balaban J connectivity index is 5.32. The molecule has 0 aliphatic rings. The molecule has 19 heteroatoms. The predicted octanol–water partition coefficient (Wildman–Crippen LogP) is 23.1. The van der Waals surface area contributed by atoms with Crippen LogP contribution in [0.4, 0.5) is 0 Å². The third-order valence-electron chi connectivity index (χ3n) is 17.6. The lowest BCUT2D eigenvalue weighted by atomic mass is 10.0. The van der Waals surface area contributed by atoms with Crippen LogP contribution in [-0.2, 0) is 65.4 Å². The lowest BCUT2D eigenvalue weighted by Gasteiger charge is -2.21. The van der Waals surface area contributed by atoms with Crippen LogP contribution in [0.1, 0.15) is 387 Å². The fourth-order valence-corrected chi connectivity index (χ4v) is 13.0. The number of ether oxygens (including phenoxy) is 4. The minimum absolute atomic E-state index is 0.0897. The smallest absolute Gasteiger partial charge is 0.462 e. The molecule has 0 aromatic rings. The van der Waals surface area contributed by atoms with Gasteiger partial charge in [0.25, 0.3) is 0 Å². The predicted molar refractivity (Wildman–Crippen MR) is 400 cm³/mol. The van der Waals surface area contributed by atoms with Gasteiger partial charge >= 0.3 is 39.5 Å². The number of unbranched alkanes of at least 4 members (excludes halogenated alkanes) is 45. The number of hydrogen-bond acceptors (Lipinski definition) is 15. The summed E-state index contributed by atoms with van der Waals surface area (Å²) >= 11 is 0. The van der Waals surface area contributed by atoms with Crippen molar-refractivity contribution in [1.29, 1.82) is 0 Å². The van der Waals surface area contributed by atoms with Crippen molar-refractivity contribution in [2.75, 3.05) is 39.6 Å². The Bertz CT molecular complexity index is 2000. The highest BCUT2D eigenvalue weighted by Gasteiger charge is 2.30. The number of phosphoric ester groups is 2. The second-order valence-electron chi connectivity index (χ2n) is 27.4. The zero-order valence-corrected chi connectivity index (χ0v) is 64.8. The van der Waals surface area contributed by atoms with E-state index in [1.807, 2.05) is 0 Å². The Morgan fingerprint density at radius 3 is 0.704 bits per heavy atom. The van der Waals surface area contributed by atoms with E-state index in [9.17, 15) is 43.2 Å². The molecule has 0 saturated heterocycles. The second kappa shape index (κ2) is 72.6. The molecule has 576 valence electrons. The van der Waals surface area contributed by atoms with Gasteiger partial charge in [-0.2, -0.15) is 0 Å². The van der Waals surface area contributed by atoms with Gasteiger partial charge in [0.1, 0.15) is 19.3 Å². The van der Waals surface area contributed by atoms with Gasteiger partial charge in [-0.25, -0.2) is 9.13 Å². The summed E-state index contributed by atoms with van der Waals surface area (Å²) in [5.41, 5.74) is 0. The summed E-state index contributed by atoms with van der Waals surface area (Å²) in [5.74, 6) is -2.16. The molecule has 0 aliphatic heterocycles. The van der Waals surface area contributed by atoms with Crippen LogP contribution in [0.25, 0.3) is 0 Å². The molecule has 3 N–H and O–H groups in total. The van der Waals surface area contributed by atoms with Crippen molar-refractivity contribution in [3.05, 3.63) is 36.5 Å². The third kappa shape index (κ3) is 71.7. The average molecular weight is 1430 g/mol. The van der Waals surface area contributed by atoms with Crippen LogP contribution in [0, 0.1) is 0 Å². The molecular formula is C79H148O17P2. The molecule has 0 rings (SSSR count). The van der Waals surface area contributed by atoms with Crippen LogP contribution < -0.4 is 0 Å². The minimum Gasteiger partial charge on any atom is -0.462 e. The fraction of sp³-hybridized carbons (Fsp3) is 0.873. The van der Waals surface area contributed by atoms with Gasteiger partial charge in [-0.05, 0) is 103 Å². The van der Waals surface area contributed by atoms with Crippen LogP contribution in [0.3, 0.4) is 0 Å². The Kier molecular flexibility index (Phi) is 70.6. The molecular weight excluding hydrogens is 1280 g/mol. The van der Waals surface area contributed by atoms with E-state index in [-0.39, 0.29) is 25.7 Å². The summed E-state index contributed by atoms with van der Waals surface area (Å²) in [5, 5.41) is 10.6. The van der Waals surface area contributed by atoms with Crippen molar-refractivity contribution in [2.45, 2.75) is 406 Å². The lowest BCUT2D eigenvalue weighted by molar-refractivity contribution is -0.161. The average Bonchev–Trinajstić information content (AvgIpc) is 1.04. The number of phosphoric acid groups is 2. The molecule has 0 radical (unpaired) electrons. The van der Waals surface area contributed by atoms with Gasteiger partial charge in [0.15, 0.2) is 12.2 Å². The van der Waals surface area contributed by atoms with Crippen LogP contribution in [-0.4, -0.2) is 96.7 Å². The molecule has 2 unspecified atom stereocenters. The van der Waals surface area contributed by atoms with Crippen molar-refractivity contribution >= 4 is 39.5 Å². The zero-order valence-electron chi connectivity index (χ0n) is 63.0. The summed E-state index contributed by atoms with van der Waals surface area (Å²) in [6.07, 6.45) is 68.3. The standard InChI is InChI=1S/C79H148O17P2/c1-5-9-13-17-21-25-29-33-36-40-44-48-52-56-60-64-77(82)90-70-75(96-79(84)66-62-58-54-50-46-42-38-35-31-27-23-19-15-11-7-3)72-94-98(87,88)92-68-73(80)67-91-97(85,86)93-71-74(69-89-76(81)63-59-55-51-47-43-39-32-28-24-20-16-12-8-4)95-78(83)65-61-57-53-49-45-41-37-34-30-26-22-18-14-10-6-2/h33-38,73-75,80H,5-32,39-72H2,1-4H3,(H,85,86)(H,87,88)/b36-33-,37-34-,38-35-/t73-,74-,75-/m1/s1. The molecule has 0 fully saturated rings. The zero-order chi connectivity index (χ0) is 71.8. The number of esters is 4. The van der Waals surface area contributed by atoms with Gasteiger partial charge in [-0.3, -0.25) is 37.3 Å². The molecule has 17 nitrogen and oxygen atoms in total. The molecule has 0 saturated carbocycles. The Morgan fingerprint density at radius 1 is 0.276 bits per heavy atom. The molecule has 0 amide bonds. The van der Waals surface area contributed by atoms with E-state index in [2.05, 4.69) is 64.2 Å². The minimum atomic E-state index is -4.97. The molecule has 5 atom stereocenters. The van der Waals surface area contributed by atoms with Gasteiger partial charge in [-0.15, -0.1) is 0 Å². The number of aliphatic hydroxyl groups is 1. The van der Waals surface area contributed by atoms with Gasteiger partial charge in [0.2, 0.25) is 0 Å². The van der Waals surface area contributed by atoms with Crippen LogP contribution in [0.15, 0.2) is 36.5 Å². The summed E-state index contributed by atoms with van der Waals surface area (Å²) in [6, 6.07) is 0. The van der Waals surface area contributed by atoms with Gasteiger partial charge < -0.3 is 33.8 Å². The van der Waals surface area contributed by atoms with Crippen molar-refractivity contribution in [1.82, 2.24) is 0 Å². The highest BCUT2D eigenvalue weighted by atomic mass is 31.2. The Hall–Kier alpha value is -2.72. The summed E-state index contributed by atoms with van der Waals surface area (Å²) in [4.78, 5) is 72.9. The summed E-state index contributed by atoms with van der Waals surface area (Å²) in [7, 11) is -9.94. The van der Waals surface area contributed by atoms with Crippen molar-refractivity contribution < 1.29 is 80.2 Å². The molecule has 0 heterocycles. The van der Waals surface area contributed by atoms with Crippen LogP contribution in [0.2, 0.25) is 0 Å². The SMILES string of the molecule is CCCCCCCC/C=C\CCCCCCCC(=O)OC[C@H](COP(=O)(O)OC[C@H](O)COP(=O)(O)OC[C@@H](COC(=O)CCCCCCCCCCCCCCC)OC(=O)CCCCCCC/C=C\CCCCCCCC)OC(=O)CCCCCCC/C=C\CCCCCCCC. The Morgan fingerprint density at radius 2 is 0.469 bits per heavy atom. The number of aliphatic hydroxyl groups excluding tert-OH is 1. The van der Waals surface area contributed by atoms with E-state index in [0.29, 0.717) is 25.7 Å². The van der Waals surface area contributed by atoms with Gasteiger partial charge in [0.05, 0.1) is 26.4 Å². The first kappa shape index (κ1) is 95.3. The van der Waals surface area contributed by atoms with Crippen LogP contribution in [0.5, 0.6) is 0 Å². The highest BCUT2D eigenvalue weighted by Crippen LogP contribution is 2.45. The maximum absolute atomic E-state index is 13.1. The molecule has 98 heavy (non-hydrogen) atoms. The quantitative estimate of drug-likeness (QED) is 0.0169. The lowest BCUT2D eigenvalue weighted by Crippen LogP contribution is -2.30. The molecule has 0 spiro atoms. The highest BCUT2D eigenvalue weighted by molar-refractivity contribution is 7.47. The van der Waals surface area contributed by atoms with E-state index in [1.165, 1.54) is 173 Å². The first-order valence-corrected chi connectivity index (χ1v) is 43.2. The number of allylic oxidation sites excluding steroid dienone is 6. The van der Waals surface area contributed by atoms with E-state index in [1.54, 1.807) is 0 Å². The largest absolute Gasteiger partial charge is 0.472 e. The molecule has 0 aromatic heterocycles. The van der Waals surface area contributed by atoms with E-state index < -0.39 is 97.5 Å².